The van der Waals surface area contributed by atoms with E-state index in [0.29, 0.717) is 43.9 Å². The van der Waals surface area contributed by atoms with Gasteiger partial charge in [-0.25, -0.2) is 9.37 Å². The Labute approximate surface area is 176 Å². The molecular weight excluding hydrogens is 387 g/mol. The van der Waals surface area contributed by atoms with Crippen LogP contribution in [0.15, 0.2) is 30.6 Å². The maximum atomic E-state index is 14.2. The summed E-state index contributed by atoms with van der Waals surface area (Å²) in [6.45, 7) is 9.06. The van der Waals surface area contributed by atoms with E-state index in [0.717, 1.165) is 5.69 Å². The molecule has 2 heterocycles. The zero-order valence-electron chi connectivity index (χ0n) is 17.9. The number of aromatic nitrogens is 2. The molecule has 30 heavy (non-hydrogen) atoms. The van der Waals surface area contributed by atoms with Gasteiger partial charge in [0.25, 0.3) is 5.91 Å². The lowest BCUT2D eigenvalue weighted by molar-refractivity contribution is -0.0440. The van der Waals surface area contributed by atoms with Crippen molar-refractivity contribution in [1.29, 1.82) is 0 Å². The fourth-order valence-electron chi connectivity index (χ4n) is 3.36. The molecule has 3 rings (SSSR count). The molecule has 2 aromatic rings. The third kappa shape index (κ3) is 5.52. The number of hydrogen-bond acceptors (Lipinski definition) is 6. The van der Waals surface area contributed by atoms with Crippen LogP contribution in [0.3, 0.4) is 0 Å². The number of carbonyl (C=O) groups excluding carboxylic acids is 1. The van der Waals surface area contributed by atoms with Crippen molar-refractivity contribution in [3.05, 3.63) is 53.2 Å². The van der Waals surface area contributed by atoms with E-state index in [2.05, 4.69) is 20.2 Å². The molecule has 0 unspecified atom stereocenters. The van der Waals surface area contributed by atoms with Gasteiger partial charge in [0.15, 0.2) is 0 Å². The quantitative estimate of drug-likeness (QED) is 0.729. The highest BCUT2D eigenvalue weighted by molar-refractivity contribution is 5.95. The smallest absolute Gasteiger partial charge is 0.256 e. The van der Waals surface area contributed by atoms with Crippen LogP contribution in [0, 0.1) is 12.7 Å². The summed E-state index contributed by atoms with van der Waals surface area (Å²) in [6.07, 6.45) is 3.87. The predicted octanol–water partition coefficient (Wildman–Crippen LogP) is 2.82. The molecule has 1 aliphatic heterocycles. The van der Waals surface area contributed by atoms with Gasteiger partial charge in [-0.1, -0.05) is 12.1 Å². The fourth-order valence-corrected chi connectivity index (χ4v) is 3.36. The number of ether oxygens (including phenoxy) is 1. The first-order chi connectivity index (χ1) is 14.1. The van der Waals surface area contributed by atoms with Crippen LogP contribution in [0.1, 0.15) is 55.2 Å². The maximum absolute atomic E-state index is 14.2. The van der Waals surface area contributed by atoms with Crippen molar-refractivity contribution in [3.63, 3.8) is 0 Å². The van der Waals surface area contributed by atoms with E-state index in [1.807, 2.05) is 20.8 Å². The second-order valence-electron chi connectivity index (χ2n) is 8.72. The summed E-state index contributed by atoms with van der Waals surface area (Å²) in [5.74, 6) is -0.680. The molecule has 0 atom stereocenters. The zero-order valence-corrected chi connectivity index (χ0v) is 17.9. The molecule has 1 aliphatic rings. The van der Waals surface area contributed by atoms with Crippen molar-refractivity contribution in [1.82, 2.24) is 20.2 Å². The van der Waals surface area contributed by atoms with Gasteiger partial charge in [0.1, 0.15) is 22.8 Å². The number of amides is 1. The van der Waals surface area contributed by atoms with Crippen LogP contribution in [0.2, 0.25) is 0 Å². The standard InChI is InChI=1S/C22H29FN4O3/c1-15-6-5-7-16(18(15)23)19(28)26-22(29)8-12-27(13-9-22)14-17-20(25-11-10-24-17)30-21(2,3)4/h5-7,10-11,29H,8-9,12-14H2,1-4H3,(H,26,28). The number of benzene rings is 1. The molecule has 1 saturated heterocycles. The maximum Gasteiger partial charge on any atom is 0.256 e. The highest BCUT2D eigenvalue weighted by Gasteiger charge is 2.35. The second-order valence-corrected chi connectivity index (χ2v) is 8.72. The first kappa shape index (κ1) is 22.1. The van der Waals surface area contributed by atoms with Crippen LogP contribution in [0.25, 0.3) is 0 Å². The summed E-state index contributed by atoms with van der Waals surface area (Å²) in [5, 5.41) is 13.4. The SMILES string of the molecule is Cc1cccc(C(=O)NC2(O)CCN(Cc3nccnc3OC(C)(C)C)CC2)c1F. The second kappa shape index (κ2) is 8.65. The lowest BCUT2D eigenvalue weighted by Crippen LogP contribution is -2.55. The summed E-state index contributed by atoms with van der Waals surface area (Å²) in [4.78, 5) is 23.3. The Kier molecular flexibility index (Phi) is 6.38. The Morgan fingerprint density at radius 1 is 1.27 bits per heavy atom. The highest BCUT2D eigenvalue weighted by Crippen LogP contribution is 2.25. The summed E-state index contributed by atoms with van der Waals surface area (Å²) < 4.78 is 20.1. The van der Waals surface area contributed by atoms with Crippen LogP contribution >= 0.6 is 0 Å². The minimum absolute atomic E-state index is 0.0608. The van der Waals surface area contributed by atoms with E-state index in [1.54, 1.807) is 31.5 Å². The molecule has 0 aliphatic carbocycles. The molecule has 7 nitrogen and oxygen atoms in total. The number of halogens is 1. The van der Waals surface area contributed by atoms with Crippen LogP contribution in [-0.4, -0.2) is 50.3 Å². The first-order valence-corrected chi connectivity index (χ1v) is 10.1. The Bertz CT molecular complexity index is 905. The molecule has 1 fully saturated rings. The fraction of sp³-hybridized carbons (Fsp3) is 0.500. The van der Waals surface area contributed by atoms with Crippen LogP contribution in [0.4, 0.5) is 4.39 Å². The first-order valence-electron chi connectivity index (χ1n) is 10.1. The van der Waals surface area contributed by atoms with Crippen molar-refractivity contribution in [2.75, 3.05) is 13.1 Å². The third-order valence-electron chi connectivity index (χ3n) is 4.98. The number of aryl methyl sites for hydroxylation is 1. The van der Waals surface area contributed by atoms with Crippen LogP contribution in [-0.2, 0) is 6.54 Å². The molecular formula is C22H29FN4O3. The number of rotatable bonds is 5. The molecule has 1 amide bonds. The average molecular weight is 416 g/mol. The molecule has 1 aromatic heterocycles. The minimum atomic E-state index is -1.38. The van der Waals surface area contributed by atoms with Crippen molar-refractivity contribution >= 4 is 5.91 Å². The Morgan fingerprint density at radius 3 is 2.60 bits per heavy atom. The number of carbonyl (C=O) groups is 1. The van der Waals surface area contributed by atoms with Gasteiger partial charge in [-0.2, -0.15) is 0 Å². The minimum Gasteiger partial charge on any atom is -0.471 e. The number of aliphatic hydroxyl groups is 1. The molecule has 8 heteroatoms. The van der Waals surface area contributed by atoms with Gasteiger partial charge < -0.3 is 15.2 Å². The summed E-state index contributed by atoms with van der Waals surface area (Å²) in [6, 6.07) is 4.64. The molecule has 0 spiro atoms. The molecule has 0 saturated carbocycles. The molecule has 1 aromatic carbocycles. The monoisotopic (exact) mass is 416 g/mol. The van der Waals surface area contributed by atoms with Gasteiger partial charge in [-0.05, 0) is 39.3 Å². The summed E-state index contributed by atoms with van der Waals surface area (Å²) in [5.41, 5.74) is -0.709. The lowest BCUT2D eigenvalue weighted by atomic mass is 9.99. The van der Waals surface area contributed by atoms with Crippen molar-refractivity contribution in [2.45, 2.75) is 58.4 Å². The Hall–Kier alpha value is -2.58. The van der Waals surface area contributed by atoms with Gasteiger partial charge in [0.05, 0.1) is 5.56 Å². The summed E-state index contributed by atoms with van der Waals surface area (Å²) >= 11 is 0. The predicted molar refractivity (Wildman–Crippen MR) is 110 cm³/mol. The molecule has 2 N–H and O–H groups in total. The molecule has 0 bridgehead atoms. The molecule has 0 radical (unpaired) electrons. The number of likely N-dealkylation sites (tertiary alicyclic amines) is 1. The van der Waals surface area contributed by atoms with Crippen molar-refractivity contribution < 1.29 is 19.0 Å². The van der Waals surface area contributed by atoms with Crippen molar-refractivity contribution in [3.8, 4) is 5.88 Å². The number of nitrogens with zero attached hydrogens (tertiary/aromatic N) is 3. The largest absolute Gasteiger partial charge is 0.471 e. The zero-order chi connectivity index (χ0) is 21.9. The third-order valence-corrected chi connectivity index (χ3v) is 4.98. The Morgan fingerprint density at radius 2 is 1.93 bits per heavy atom. The number of nitrogens with one attached hydrogen (secondary N) is 1. The van der Waals surface area contributed by atoms with E-state index in [4.69, 9.17) is 4.74 Å². The highest BCUT2D eigenvalue weighted by atomic mass is 19.1. The van der Waals surface area contributed by atoms with Crippen molar-refractivity contribution in [2.24, 2.45) is 0 Å². The van der Waals surface area contributed by atoms with Gasteiger partial charge in [-0.3, -0.25) is 14.7 Å². The number of hydrogen-bond donors (Lipinski definition) is 2. The lowest BCUT2D eigenvalue weighted by Gasteiger charge is -2.38. The topological polar surface area (TPSA) is 87.6 Å². The Balaban J connectivity index is 1.61. The normalized spacial score (nSPS) is 16.9. The van der Waals surface area contributed by atoms with E-state index < -0.39 is 17.4 Å². The van der Waals surface area contributed by atoms with Crippen LogP contribution in [0.5, 0.6) is 5.88 Å². The van der Waals surface area contributed by atoms with E-state index in [9.17, 15) is 14.3 Å². The van der Waals surface area contributed by atoms with E-state index in [1.165, 1.54) is 6.07 Å². The number of piperidine rings is 1. The average Bonchev–Trinajstić information content (AvgIpc) is 2.66. The van der Waals surface area contributed by atoms with Gasteiger partial charge in [0, 0.05) is 44.9 Å². The van der Waals surface area contributed by atoms with Gasteiger partial charge >= 0.3 is 0 Å². The van der Waals surface area contributed by atoms with E-state index in [-0.39, 0.29) is 11.2 Å². The molecule has 162 valence electrons. The van der Waals surface area contributed by atoms with Gasteiger partial charge in [0.2, 0.25) is 5.88 Å². The van der Waals surface area contributed by atoms with Crippen LogP contribution < -0.4 is 10.1 Å². The van der Waals surface area contributed by atoms with Gasteiger partial charge in [-0.15, -0.1) is 0 Å². The summed E-state index contributed by atoms with van der Waals surface area (Å²) in [7, 11) is 0. The van der Waals surface area contributed by atoms with E-state index >= 15 is 0 Å².